The van der Waals surface area contributed by atoms with Crippen molar-refractivity contribution in [1.29, 1.82) is 0 Å². The van der Waals surface area contributed by atoms with Crippen LogP contribution < -0.4 is 10.5 Å². The van der Waals surface area contributed by atoms with E-state index in [0.29, 0.717) is 28.0 Å². The number of nitrogens with two attached hydrogens (primary N) is 1. The van der Waals surface area contributed by atoms with E-state index in [4.69, 9.17) is 22.1 Å². The first-order valence-electron chi connectivity index (χ1n) is 4.64. The van der Waals surface area contributed by atoms with Crippen LogP contribution in [0.15, 0.2) is 30.5 Å². The Bertz CT molecular complexity index is 516. The third kappa shape index (κ3) is 1.92. The number of benzene rings is 1. The topological polar surface area (TPSA) is 61.0 Å². The van der Waals surface area contributed by atoms with Crippen LogP contribution in [0, 0.1) is 0 Å². The Morgan fingerprint density at radius 3 is 2.81 bits per heavy atom. The van der Waals surface area contributed by atoms with Gasteiger partial charge in [0.15, 0.2) is 5.82 Å². The number of rotatable bonds is 2. The molecule has 0 bridgehead atoms. The Kier molecular flexibility index (Phi) is 2.92. The highest BCUT2D eigenvalue weighted by Crippen LogP contribution is 2.33. The van der Waals surface area contributed by atoms with E-state index in [1.807, 2.05) is 12.1 Å². The van der Waals surface area contributed by atoms with Crippen molar-refractivity contribution in [2.45, 2.75) is 0 Å². The van der Waals surface area contributed by atoms with Crippen molar-refractivity contribution in [3.63, 3.8) is 0 Å². The van der Waals surface area contributed by atoms with E-state index in [1.165, 1.54) is 0 Å². The van der Waals surface area contributed by atoms with Crippen molar-refractivity contribution in [3.05, 3.63) is 35.5 Å². The second-order valence-corrected chi connectivity index (χ2v) is 3.50. The summed E-state index contributed by atoms with van der Waals surface area (Å²) in [6, 6.07) is 7.04. The Morgan fingerprint density at radius 2 is 2.12 bits per heavy atom. The predicted molar refractivity (Wildman–Crippen MR) is 63.4 cm³/mol. The minimum absolute atomic E-state index is 0.406. The molecule has 0 radical (unpaired) electrons. The second kappa shape index (κ2) is 4.37. The Labute approximate surface area is 98.0 Å². The number of nitrogens with zero attached hydrogens (tertiary/aromatic N) is 2. The van der Waals surface area contributed by atoms with Gasteiger partial charge in [0.05, 0.1) is 12.1 Å². The average Bonchev–Trinajstić information content (AvgIpc) is 2.29. The molecule has 2 aromatic rings. The minimum atomic E-state index is 0.406. The van der Waals surface area contributed by atoms with Crippen molar-refractivity contribution >= 4 is 17.4 Å². The molecule has 0 aliphatic carbocycles. The Hall–Kier alpha value is -1.81. The smallest absolute Gasteiger partial charge is 0.163 e. The van der Waals surface area contributed by atoms with Crippen LogP contribution in [0.2, 0.25) is 5.02 Å². The summed E-state index contributed by atoms with van der Waals surface area (Å²) >= 11 is 6.15. The van der Waals surface area contributed by atoms with Gasteiger partial charge in [-0.2, -0.15) is 0 Å². The van der Waals surface area contributed by atoms with E-state index in [1.54, 1.807) is 25.4 Å². The number of methoxy groups -OCH3 is 1. The summed E-state index contributed by atoms with van der Waals surface area (Å²) in [6.07, 6.45) is 1.59. The van der Waals surface area contributed by atoms with Crippen LogP contribution in [0.5, 0.6) is 5.75 Å². The number of anilines is 1. The molecule has 0 fully saturated rings. The first-order chi connectivity index (χ1) is 7.72. The maximum atomic E-state index is 6.15. The van der Waals surface area contributed by atoms with Crippen molar-refractivity contribution in [2.75, 3.05) is 12.8 Å². The van der Waals surface area contributed by atoms with Gasteiger partial charge in [-0.15, -0.1) is 0 Å². The number of nitrogen functional groups attached to an aromatic ring is 1. The lowest BCUT2D eigenvalue weighted by Gasteiger charge is -2.07. The van der Waals surface area contributed by atoms with Crippen LogP contribution in [0.25, 0.3) is 11.4 Å². The molecule has 0 spiro atoms. The van der Waals surface area contributed by atoms with Gasteiger partial charge in [0, 0.05) is 11.8 Å². The summed E-state index contributed by atoms with van der Waals surface area (Å²) in [4.78, 5) is 8.22. The van der Waals surface area contributed by atoms with E-state index >= 15 is 0 Å². The SMILES string of the molecule is COc1cccc(-c2nccc(N)n2)c1Cl. The number of hydrogen-bond acceptors (Lipinski definition) is 4. The molecule has 2 N–H and O–H groups in total. The van der Waals surface area contributed by atoms with E-state index in [2.05, 4.69) is 9.97 Å². The summed E-state index contributed by atoms with van der Waals surface area (Å²) in [5.74, 6) is 1.48. The predicted octanol–water partition coefficient (Wildman–Crippen LogP) is 2.39. The van der Waals surface area contributed by atoms with Crippen molar-refractivity contribution in [2.24, 2.45) is 0 Å². The normalized spacial score (nSPS) is 10.1. The average molecular weight is 236 g/mol. The van der Waals surface area contributed by atoms with Gasteiger partial charge in [0.2, 0.25) is 0 Å². The van der Waals surface area contributed by atoms with Crippen LogP contribution >= 0.6 is 11.6 Å². The standard InChI is InChI=1S/C11H10ClN3O/c1-16-8-4-2-3-7(10(8)12)11-14-6-5-9(13)15-11/h2-6H,1H3,(H2,13,14,15). The van der Waals surface area contributed by atoms with Gasteiger partial charge in [-0.25, -0.2) is 9.97 Å². The fraction of sp³-hybridized carbons (Fsp3) is 0.0909. The number of aromatic nitrogens is 2. The molecule has 5 heteroatoms. The molecule has 82 valence electrons. The van der Waals surface area contributed by atoms with Crippen molar-refractivity contribution in [3.8, 4) is 17.1 Å². The lowest BCUT2D eigenvalue weighted by atomic mass is 10.2. The largest absolute Gasteiger partial charge is 0.495 e. The van der Waals surface area contributed by atoms with Gasteiger partial charge in [-0.3, -0.25) is 0 Å². The quantitative estimate of drug-likeness (QED) is 0.868. The molecule has 1 aromatic carbocycles. The van der Waals surface area contributed by atoms with Gasteiger partial charge < -0.3 is 10.5 Å². The highest BCUT2D eigenvalue weighted by Gasteiger charge is 2.10. The molecule has 4 nitrogen and oxygen atoms in total. The monoisotopic (exact) mass is 235 g/mol. The zero-order chi connectivity index (χ0) is 11.5. The number of hydrogen-bond donors (Lipinski definition) is 1. The van der Waals surface area contributed by atoms with Crippen LogP contribution in [-0.4, -0.2) is 17.1 Å². The molecule has 1 heterocycles. The summed E-state index contributed by atoms with van der Waals surface area (Å²) in [5, 5.41) is 0.482. The molecule has 0 unspecified atom stereocenters. The van der Waals surface area contributed by atoms with Crippen LogP contribution in [-0.2, 0) is 0 Å². The molecule has 0 saturated carbocycles. The molecule has 0 aliphatic heterocycles. The molecule has 0 aliphatic rings. The summed E-state index contributed by atoms with van der Waals surface area (Å²) in [6.45, 7) is 0. The lowest BCUT2D eigenvalue weighted by Crippen LogP contribution is -1.95. The zero-order valence-electron chi connectivity index (χ0n) is 8.64. The van der Waals surface area contributed by atoms with E-state index < -0.39 is 0 Å². The summed E-state index contributed by atoms with van der Waals surface area (Å²) in [5.41, 5.74) is 6.29. The van der Waals surface area contributed by atoms with E-state index in [0.717, 1.165) is 0 Å². The van der Waals surface area contributed by atoms with Crippen LogP contribution in [0.3, 0.4) is 0 Å². The highest BCUT2D eigenvalue weighted by molar-refractivity contribution is 6.34. The van der Waals surface area contributed by atoms with Gasteiger partial charge in [0.25, 0.3) is 0 Å². The zero-order valence-corrected chi connectivity index (χ0v) is 9.40. The third-order valence-corrected chi connectivity index (χ3v) is 2.49. The van der Waals surface area contributed by atoms with E-state index in [-0.39, 0.29) is 0 Å². The van der Waals surface area contributed by atoms with Gasteiger partial charge in [0.1, 0.15) is 11.6 Å². The molecule has 16 heavy (non-hydrogen) atoms. The molecule has 0 amide bonds. The third-order valence-electron chi connectivity index (χ3n) is 2.10. The van der Waals surface area contributed by atoms with Gasteiger partial charge >= 0.3 is 0 Å². The summed E-state index contributed by atoms with van der Waals surface area (Å²) < 4.78 is 5.12. The van der Waals surface area contributed by atoms with Crippen molar-refractivity contribution < 1.29 is 4.74 Å². The van der Waals surface area contributed by atoms with Crippen LogP contribution in [0.1, 0.15) is 0 Å². The first-order valence-corrected chi connectivity index (χ1v) is 5.01. The van der Waals surface area contributed by atoms with Crippen molar-refractivity contribution in [1.82, 2.24) is 9.97 Å². The molecule has 0 atom stereocenters. The molecule has 1 aromatic heterocycles. The maximum absolute atomic E-state index is 6.15. The minimum Gasteiger partial charge on any atom is -0.495 e. The Balaban J connectivity index is 2.56. The Morgan fingerprint density at radius 1 is 1.31 bits per heavy atom. The number of halogens is 1. The summed E-state index contributed by atoms with van der Waals surface area (Å²) in [7, 11) is 1.56. The number of ether oxygens (including phenoxy) is 1. The lowest BCUT2D eigenvalue weighted by molar-refractivity contribution is 0.415. The van der Waals surface area contributed by atoms with E-state index in [9.17, 15) is 0 Å². The fourth-order valence-corrected chi connectivity index (χ4v) is 1.63. The molecular weight excluding hydrogens is 226 g/mol. The fourth-order valence-electron chi connectivity index (χ4n) is 1.34. The van der Waals surface area contributed by atoms with Gasteiger partial charge in [-0.1, -0.05) is 17.7 Å². The molecule has 0 saturated heterocycles. The second-order valence-electron chi connectivity index (χ2n) is 3.13. The maximum Gasteiger partial charge on any atom is 0.163 e. The molecule has 2 rings (SSSR count). The highest BCUT2D eigenvalue weighted by atomic mass is 35.5. The van der Waals surface area contributed by atoms with Gasteiger partial charge in [-0.05, 0) is 18.2 Å². The first kappa shape index (κ1) is 10.7. The molecular formula is C11H10ClN3O. The van der Waals surface area contributed by atoms with Crippen LogP contribution in [0.4, 0.5) is 5.82 Å².